The van der Waals surface area contributed by atoms with E-state index >= 15 is 0 Å². The van der Waals surface area contributed by atoms with Gasteiger partial charge >= 0.3 is 0 Å². The van der Waals surface area contributed by atoms with Crippen LogP contribution in [0.1, 0.15) is 25.7 Å². The van der Waals surface area contributed by atoms with Crippen molar-refractivity contribution in [2.75, 3.05) is 64.3 Å². The van der Waals surface area contributed by atoms with Crippen LogP contribution in [0.25, 0.3) is 0 Å². The third kappa shape index (κ3) is 5.99. The number of hydrogen-bond donors (Lipinski definition) is 6. The molecule has 10 heteroatoms. The number of amides is 1. The zero-order chi connectivity index (χ0) is 23.2. The summed E-state index contributed by atoms with van der Waals surface area (Å²) in [5, 5.41) is 14.3. The molecule has 6 N–H and O–H groups in total. The van der Waals surface area contributed by atoms with Crippen LogP contribution in [0.4, 0.5) is 5.69 Å². The molecule has 4 unspecified atom stereocenters. The van der Waals surface area contributed by atoms with Gasteiger partial charge in [-0.2, -0.15) is 0 Å². The normalized spacial score (nSPS) is 31.2. The lowest BCUT2D eigenvalue weighted by Crippen LogP contribution is -2.76. The molecule has 1 amide bonds. The molecule has 0 spiro atoms. The fourth-order valence-corrected chi connectivity index (χ4v) is 5.46. The monoisotopic (exact) mass is 472 g/mol. The molecule has 0 radical (unpaired) electrons. The van der Waals surface area contributed by atoms with E-state index in [0.717, 1.165) is 57.3 Å². The van der Waals surface area contributed by atoms with Crippen LogP contribution < -0.4 is 36.9 Å². The molecular formula is C24H40N8O2. The van der Waals surface area contributed by atoms with Crippen LogP contribution in [-0.4, -0.2) is 93.2 Å². The Kier molecular flexibility index (Phi) is 8.15. The predicted molar refractivity (Wildman–Crippen MR) is 132 cm³/mol. The van der Waals surface area contributed by atoms with Gasteiger partial charge in [-0.15, -0.1) is 0 Å². The maximum atomic E-state index is 12.7. The first kappa shape index (κ1) is 23.8. The van der Waals surface area contributed by atoms with E-state index in [9.17, 15) is 4.79 Å². The molecular weight excluding hydrogens is 432 g/mol. The molecule has 0 aromatic heterocycles. The van der Waals surface area contributed by atoms with E-state index in [2.05, 4.69) is 41.9 Å². The average molecular weight is 473 g/mol. The third-order valence-corrected chi connectivity index (χ3v) is 7.41. The van der Waals surface area contributed by atoms with E-state index in [-0.39, 0.29) is 30.3 Å². The molecule has 1 aromatic carbocycles. The summed E-state index contributed by atoms with van der Waals surface area (Å²) in [6, 6.07) is 8.16. The highest BCUT2D eigenvalue weighted by molar-refractivity contribution is 5.81. The number of anilines is 1. The summed E-state index contributed by atoms with van der Waals surface area (Å²) < 4.78 is 5.97. The molecule has 4 fully saturated rings. The van der Waals surface area contributed by atoms with Gasteiger partial charge in [-0.05, 0) is 37.1 Å². The number of likely N-dealkylation sites (tertiary alicyclic amines) is 1. The summed E-state index contributed by atoms with van der Waals surface area (Å²) in [6.07, 6.45) is 4.93. The second-order valence-electron chi connectivity index (χ2n) is 9.77. The van der Waals surface area contributed by atoms with E-state index in [1.807, 2.05) is 24.3 Å². The van der Waals surface area contributed by atoms with Gasteiger partial charge in [-0.25, -0.2) is 5.43 Å². The summed E-state index contributed by atoms with van der Waals surface area (Å²) in [5.74, 6) is 0.675. The SMILES string of the molecule is O=C1NNCC2NC(N3CCCCCC3)NC(Nc3ccc(OCCN4CCNCC4)cc3)C12. The fourth-order valence-electron chi connectivity index (χ4n) is 5.46. The van der Waals surface area contributed by atoms with Crippen LogP contribution in [0.5, 0.6) is 5.75 Å². The van der Waals surface area contributed by atoms with Crippen molar-refractivity contribution in [3.63, 3.8) is 0 Å². The number of fused-ring (bicyclic) bond motifs is 1. The van der Waals surface area contributed by atoms with Crippen molar-refractivity contribution in [3.8, 4) is 5.75 Å². The van der Waals surface area contributed by atoms with Crippen molar-refractivity contribution in [1.82, 2.24) is 36.6 Å². The number of ether oxygens (including phenoxy) is 1. The minimum absolute atomic E-state index is 0.0101. The zero-order valence-electron chi connectivity index (χ0n) is 20.0. The molecule has 4 saturated heterocycles. The van der Waals surface area contributed by atoms with Crippen molar-refractivity contribution in [2.45, 2.75) is 44.2 Å². The van der Waals surface area contributed by atoms with E-state index in [0.29, 0.717) is 13.2 Å². The number of piperazine rings is 1. The highest BCUT2D eigenvalue weighted by atomic mass is 16.5. The van der Waals surface area contributed by atoms with Crippen LogP contribution in [0.3, 0.4) is 0 Å². The van der Waals surface area contributed by atoms with Gasteiger partial charge in [-0.3, -0.25) is 30.7 Å². The largest absolute Gasteiger partial charge is 0.492 e. The third-order valence-electron chi connectivity index (χ3n) is 7.41. The highest BCUT2D eigenvalue weighted by Crippen LogP contribution is 2.24. The number of benzene rings is 1. The number of rotatable bonds is 7. The zero-order valence-corrected chi connectivity index (χ0v) is 20.0. The number of nitrogens with zero attached hydrogens (tertiary/aromatic N) is 2. The Hall–Kier alpha value is -1.95. The van der Waals surface area contributed by atoms with Gasteiger partial charge in [-0.1, -0.05) is 12.8 Å². The molecule has 0 aliphatic carbocycles. The highest BCUT2D eigenvalue weighted by Gasteiger charge is 2.44. The smallest absolute Gasteiger partial charge is 0.242 e. The summed E-state index contributed by atoms with van der Waals surface area (Å²) in [4.78, 5) is 17.6. The summed E-state index contributed by atoms with van der Waals surface area (Å²) in [7, 11) is 0. The Morgan fingerprint density at radius 1 is 0.971 bits per heavy atom. The molecule has 0 bridgehead atoms. The number of nitrogens with one attached hydrogen (secondary N) is 6. The van der Waals surface area contributed by atoms with Gasteiger partial charge in [0.1, 0.15) is 18.6 Å². The molecule has 1 aromatic rings. The number of carbonyl (C=O) groups excluding carboxylic acids is 1. The fraction of sp³-hybridized carbons (Fsp3) is 0.708. The van der Waals surface area contributed by atoms with Gasteiger partial charge in [0, 0.05) is 64.1 Å². The first-order valence-corrected chi connectivity index (χ1v) is 13.0. The lowest BCUT2D eigenvalue weighted by molar-refractivity contribution is -0.132. The van der Waals surface area contributed by atoms with E-state index < -0.39 is 0 Å². The standard InChI is InChI=1S/C24H40N8O2/c33-23-21-20(17-26-30-23)28-24(32-11-3-1-2-4-12-32)29-22(21)27-18-5-7-19(8-6-18)34-16-15-31-13-9-25-10-14-31/h5-8,20-22,24-29H,1-4,9-17H2,(H,30,33). The first-order chi connectivity index (χ1) is 16.8. The second kappa shape index (κ2) is 11.7. The van der Waals surface area contributed by atoms with Crippen molar-refractivity contribution in [3.05, 3.63) is 24.3 Å². The van der Waals surface area contributed by atoms with Crippen LogP contribution >= 0.6 is 0 Å². The summed E-state index contributed by atoms with van der Waals surface area (Å²) in [6.45, 7) is 8.78. The minimum atomic E-state index is -0.209. The Morgan fingerprint density at radius 3 is 2.50 bits per heavy atom. The second-order valence-corrected chi connectivity index (χ2v) is 9.77. The average Bonchev–Trinajstić information content (AvgIpc) is 3.15. The molecule has 0 saturated carbocycles. The number of hydrogen-bond acceptors (Lipinski definition) is 9. The molecule has 4 heterocycles. The Morgan fingerprint density at radius 2 is 1.74 bits per heavy atom. The van der Waals surface area contributed by atoms with Crippen molar-refractivity contribution in [1.29, 1.82) is 0 Å². The van der Waals surface area contributed by atoms with Gasteiger partial charge in [0.05, 0.1) is 12.1 Å². The van der Waals surface area contributed by atoms with Crippen LogP contribution in [0, 0.1) is 5.92 Å². The van der Waals surface area contributed by atoms with E-state index in [1.165, 1.54) is 25.7 Å². The lowest BCUT2D eigenvalue weighted by Gasteiger charge is -2.48. The molecule has 188 valence electrons. The van der Waals surface area contributed by atoms with Crippen molar-refractivity contribution < 1.29 is 9.53 Å². The van der Waals surface area contributed by atoms with E-state index in [1.54, 1.807) is 0 Å². The minimum Gasteiger partial charge on any atom is -0.492 e. The number of carbonyl (C=O) groups is 1. The van der Waals surface area contributed by atoms with E-state index in [4.69, 9.17) is 4.74 Å². The van der Waals surface area contributed by atoms with Gasteiger partial charge in [0.15, 0.2) is 0 Å². The van der Waals surface area contributed by atoms with Gasteiger partial charge in [0.25, 0.3) is 0 Å². The van der Waals surface area contributed by atoms with Crippen LogP contribution in [-0.2, 0) is 4.79 Å². The maximum absolute atomic E-state index is 12.7. The lowest BCUT2D eigenvalue weighted by atomic mass is 9.91. The Labute approximate surface area is 202 Å². The van der Waals surface area contributed by atoms with Gasteiger partial charge < -0.3 is 15.4 Å². The predicted octanol–water partition coefficient (Wildman–Crippen LogP) is -0.320. The molecule has 4 atom stereocenters. The quantitative estimate of drug-likeness (QED) is 0.319. The van der Waals surface area contributed by atoms with Gasteiger partial charge in [0.2, 0.25) is 5.91 Å². The summed E-state index contributed by atoms with van der Waals surface area (Å²) >= 11 is 0. The topological polar surface area (TPSA) is 105 Å². The first-order valence-electron chi connectivity index (χ1n) is 13.0. The van der Waals surface area contributed by atoms with Crippen molar-refractivity contribution in [2.24, 2.45) is 5.92 Å². The van der Waals surface area contributed by atoms with Crippen molar-refractivity contribution >= 4 is 11.6 Å². The number of hydrazine groups is 1. The Balaban J connectivity index is 1.19. The molecule has 5 rings (SSSR count). The molecule has 4 aliphatic heterocycles. The summed E-state index contributed by atoms with van der Waals surface area (Å²) in [5.41, 5.74) is 6.84. The van der Waals surface area contributed by atoms with Crippen LogP contribution in [0.15, 0.2) is 24.3 Å². The molecule has 10 nitrogen and oxygen atoms in total. The maximum Gasteiger partial charge on any atom is 0.242 e. The Bertz CT molecular complexity index is 780. The molecule has 34 heavy (non-hydrogen) atoms. The van der Waals surface area contributed by atoms with Crippen LogP contribution in [0.2, 0.25) is 0 Å². The molecule has 4 aliphatic rings.